The molecule has 3 aliphatic rings. The summed E-state index contributed by atoms with van der Waals surface area (Å²) in [5.41, 5.74) is 4.93. The zero-order valence-electron chi connectivity index (χ0n) is 30.6. The largest absolute Gasteiger partial charge is 0.385 e. The molecule has 1 aromatic carbocycles. The van der Waals surface area contributed by atoms with Crippen molar-refractivity contribution in [1.82, 2.24) is 54.4 Å². The number of alkyl halides is 1. The van der Waals surface area contributed by atoms with Gasteiger partial charge >= 0.3 is 11.7 Å². The Morgan fingerprint density at radius 3 is 2.64 bits per heavy atom. The average molecular weight is 755 g/mol. The summed E-state index contributed by atoms with van der Waals surface area (Å²) >= 11 is 0. The van der Waals surface area contributed by atoms with Gasteiger partial charge in [0.15, 0.2) is 11.3 Å². The Labute approximate surface area is 314 Å². The smallest absolute Gasteiger partial charge is 0.329 e. The number of carbonyl (C=O) groups is 4. The van der Waals surface area contributed by atoms with Crippen LogP contribution in [0.2, 0.25) is 0 Å². The maximum atomic E-state index is 13.4. The number of piperidine rings is 1. The van der Waals surface area contributed by atoms with E-state index in [-0.39, 0.29) is 35.8 Å². The standard InChI is InChI=1S/C37H43FN12O5/c1-39-27-15-25(45-50-30(17-41-33(27)50)35(53)43-26-14-24(26)38)22-16-42-48(18-22)23-19-47(20-23)36(54)40-13-6-4-3-5-8-21-9-7-10-28-32(21)46(2)37(55)49(28)29-11-12-31(51)44-34(29)52/h7,9-10,15-18,23-24,26,29,39H,3-6,8,11-14,19-20H2,1-2H3,(H,40,54)(H,43,53)(H,44,51,52)/t24-,26+,29?/m0/s1. The number of likely N-dealkylation sites (tertiary alicyclic amines) is 1. The van der Waals surface area contributed by atoms with Crippen LogP contribution in [-0.2, 0) is 23.1 Å². The van der Waals surface area contributed by atoms with Gasteiger partial charge in [-0.1, -0.05) is 25.0 Å². The molecule has 55 heavy (non-hydrogen) atoms. The van der Waals surface area contributed by atoms with Crippen molar-refractivity contribution in [2.45, 2.75) is 75.7 Å². The minimum Gasteiger partial charge on any atom is -0.385 e. The Balaban J connectivity index is 0.791. The first-order valence-corrected chi connectivity index (χ1v) is 18.7. The third-order valence-electron chi connectivity index (χ3n) is 10.8. The van der Waals surface area contributed by atoms with Crippen LogP contribution in [0.3, 0.4) is 0 Å². The Kier molecular flexibility index (Phi) is 9.56. The summed E-state index contributed by atoms with van der Waals surface area (Å²) in [5, 5.41) is 20.3. The van der Waals surface area contributed by atoms with Gasteiger partial charge in [0.2, 0.25) is 11.8 Å². The van der Waals surface area contributed by atoms with E-state index in [4.69, 9.17) is 0 Å². The highest BCUT2D eigenvalue weighted by atomic mass is 19.1. The van der Waals surface area contributed by atoms with Crippen molar-refractivity contribution in [2.75, 3.05) is 32.0 Å². The molecule has 0 spiro atoms. The molecule has 6 heterocycles. The third-order valence-corrected chi connectivity index (χ3v) is 10.8. The number of urea groups is 1. The van der Waals surface area contributed by atoms with Gasteiger partial charge in [0.25, 0.3) is 5.91 Å². The average Bonchev–Trinajstić information content (AvgIpc) is 3.47. The summed E-state index contributed by atoms with van der Waals surface area (Å²) < 4.78 is 19.8. The van der Waals surface area contributed by atoms with E-state index >= 15 is 0 Å². The van der Waals surface area contributed by atoms with Crippen LogP contribution in [0, 0.1) is 0 Å². The number of rotatable bonds is 13. The van der Waals surface area contributed by atoms with Gasteiger partial charge in [-0.2, -0.15) is 10.2 Å². The van der Waals surface area contributed by atoms with Crippen LogP contribution in [0.1, 0.15) is 73.1 Å². The fraction of sp³-hybridized carbons (Fsp3) is 0.459. The van der Waals surface area contributed by atoms with E-state index in [2.05, 4.69) is 36.4 Å². The van der Waals surface area contributed by atoms with E-state index in [0.29, 0.717) is 55.0 Å². The van der Waals surface area contributed by atoms with Crippen molar-refractivity contribution in [2.24, 2.45) is 7.05 Å². The van der Waals surface area contributed by atoms with Crippen LogP contribution < -0.4 is 27.0 Å². The van der Waals surface area contributed by atoms with Gasteiger partial charge in [-0.05, 0) is 43.4 Å². The number of carbonyl (C=O) groups excluding carboxylic acids is 4. The van der Waals surface area contributed by atoms with Gasteiger partial charge in [0.05, 0.1) is 46.9 Å². The predicted octanol–water partition coefficient (Wildman–Crippen LogP) is 2.48. The lowest BCUT2D eigenvalue weighted by atomic mass is 10.0. The molecule has 17 nitrogen and oxygen atoms in total. The molecule has 5 aromatic rings. The number of fused-ring (bicyclic) bond motifs is 2. The van der Waals surface area contributed by atoms with Crippen molar-refractivity contribution in [3.8, 4) is 11.3 Å². The van der Waals surface area contributed by atoms with Gasteiger partial charge in [0, 0.05) is 58.3 Å². The number of nitrogens with zero attached hydrogens (tertiary/aromatic N) is 8. The quantitative estimate of drug-likeness (QED) is 0.103. The first-order valence-electron chi connectivity index (χ1n) is 18.7. The number of aryl methyl sites for hydroxylation is 2. The second kappa shape index (κ2) is 14.6. The van der Waals surface area contributed by atoms with Crippen molar-refractivity contribution in [3.05, 3.63) is 64.6 Å². The summed E-state index contributed by atoms with van der Waals surface area (Å²) in [5.74, 6) is -1.20. The zero-order chi connectivity index (χ0) is 38.4. The molecule has 288 valence electrons. The highest BCUT2D eigenvalue weighted by Crippen LogP contribution is 2.29. The van der Waals surface area contributed by atoms with E-state index in [1.165, 1.54) is 15.3 Å². The highest BCUT2D eigenvalue weighted by Gasteiger charge is 2.39. The molecule has 4 N–H and O–H groups in total. The van der Waals surface area contributed by atoms with Crippen LogP contribution in [0.5, 0.6) is 0 Å². The molecule has 5 amide bonds. The van der Waals surface area contributed by atoms with E-state index in [1.54, 1.807) is 29.8 Å². The highest BCUT2D eigenvalue weighted by molar-refractivity contribution is 6.00. The first kappa shape index (κ1) is 35.9. The fourth-order valence-electron chi connectivity index (χ4n) is 7.51. The molecule has 0 radical (unpaired) electrons. The summed E-state index contributed by atoms with van der Waals surface area (Å²) in [6, 6.07) is 6.30. The van der Waals surface area contributed by atoms with Crippen LogP contribution in [0.25, 0.3) is 27.9 Å². The van der Waals surface area contributed by atoms with E-state index < -0.39 is 30.1 Å². The molecule has 18 heteroatoms. The predicted molar refractivity (Wildman–Crippen MR) is 199 cm³/mol. The number of nitrogens with one attached hydrogen (secondary N) is 4. The molecular formula is C37H43FN12O5. The number of imide groups is 1. The number of benzene rings is 1. The fourth-order valence-corrected chi connectivity index (χ4v) is 7.51. The van der Waals surface area contributed by atoms with Crippen LogP contribution in [0.4, 0.5) is 14.9 Å². The maximum Gasteiger partial charge on any atom is 0.329 e. The molecule has 2 saturated heterocycles. The second-order valence-electron chi connectivity index (χ2n) is 14.5. The Morgan fingerprint density at radius 2 is 1.87 bits per heavy atom. The number of hydrogen-bond acceptors (Lipinski definition) is 9. The van der Waals surface area contributed by atoms with Crippen LogP contribution in [-0.4, -0.2) is 101 Å². The van der Waals surface area contributed by atoms with Gasteiger partial charge in [-0.3, -0.25) is 33.5 Å². The van der Waals surface area contributed by atoms with E-state index in [0.717, 1.165) is 48.7 Å². The Hall–Kier alpha value is -6.07. The maximum absolute atomic E-state index is 13.4. The molecule has 4 aromatic heterocycles. The topological polar surface area (TPSA) is 195 Å². The summed E-state index contributed by atoms with van der Waals surface area (Å²) in [4.78, 5) is 69.1. The SMILES string of the molecule is CNc1cc(-c2cnn(C3CN(C(=O)NCCCCCCc4cccc5c4n(C)c(=O)n5C4CCC(=O)NC4=O)C3)c2)nn2c(C(=O)N[C@@H]3C[C@@H]3F)cnc12. The van der Waals surface area contributed by atoms with Crippen molar-refractivity contribution in [1.29, 1.82) is 0 Å². The number of anilines is 1. The monoisotopic (exact) mass is 754 g/mol. The second-order valence-corrected chi connectivity index (χ2v) is 14.5. The number of unbranched alkanes of at least 4 members (excludes halogenated alkanes) is 3. The molecule has 8 rings (SSSR count). The molecule has 1 aliphatic carbocycles. The molecule has 2 aliphatic heterocycles. The van der Waals surface area contributed by atoms with Gasteiger partial charge in [0.1, 0.15) is 12.2 Å². The molecule has 1 unspecified atom stereocenters. The number of aromatic nitrogens is 7. The van der Waals surface area contributed by atoms with E-state index in [9.17, 15) is 28.4 Å². The third kappa shape index (κ3) is 6.91. The normalized spacial score (nSPS) is 19.8. The van der Waals surface area contributed by atoms with Crippen molar-refractivity contribution in [3.63, 3.8) is 0 Å². The molecule has 1 saturated carbocycles. The van der Waals surface area contributed by atoms with Crippen molar-refractivity contribution < 1.29 is 23.6 Å². The Bertz CT molecular complexity index is 2370. The number of hydrogen-bond donors (Lipinski definition) is 4. The number of para-hydroxylation sites is 1. The lowest BCUT2D eigenvalue weighted by molar-refractivity contribution is -0.135. The van der Waals surface area contributed by atoms with E-state index in [1.807, 2.05) is 35.1 Å². The first-order chi connectivity index (χ1) is 26.6. The lowest BCUT2D eigenvalue weighted by Crippen LogP contribution is -2.54. The van der Waals surface area contributed by atoms with Gasteiger partial charge < -0.3 is 20.9 Å². The minimum atomic E-state index is -1.02. The lowest BCUT2D eigenvalue weighted by Gasteiger charge is -2.39. The Morgan fingerprint density at radius 1 is 1.07 bits per heavy atom. The van der Waals surface area contributed by atoms with Gasteiger partial charge in [-0.25, -0.2) is 23.5 Å². The van der Waals surface area contributed by atoms with Gasteiger partial charge in [-0.15, -0.1) is 0 Å². The number of amides is 5. The summed E-state index contributed by atoms with van der Waals surface area (Å²) in [6.07, 6.45) is 9.18. The molecule has 3 atom stereocenters. The number of halogens is 1. The summed E-state index contributed by atoms with van der Waals surface area (Å²) in [6.45, 7) is 1.60. The van der Waals surface area contributed by atoms with Crippen molar-refractivity contribution >= 4 is 46.1 Å². The minimum absolute atomic E-state index is 0.0126. The molecular weight excluding hydrogens is 711 g/mol. The number of imidazole rings is 2. The van der Waals surface area contributed by atoms with Crippen LogP contribution in [0.15, 0.2) is 47.7 Å². The summed E-state index contributed by atoms with van der Waals surface area (Å²) in [7, 11) is 3.47. The molecule has 3 fully saturated rings. The van der Waals surface area contributed by atoms with Crippen LogP contribution >= 0.6 is 0 Å². The zero-order valence-corrected chi connectivity index (χ0v) is 30.6. The molecule has 0 bridgehead atoms.